The summed E-state index contributed by atoms with van der Waals surface area (Å²) in [5.74, 6) is -1.29. The van der Waals surface area contributed by atoms with E-state index in [0.717, 1.165) is 4.90 Å². The number of methoxy groups -OCH3 is 2. The summed E-state index contributed by atoms with van der Waals surface area (Å²) in [4.78, 5) is 26.9. The first-order valence-corrected chi connectivity index (χ1v) is 10.3. The third-order valence-corrected chi connectivity index (χ3v) is 5.47. The Morgan fingerprint density at radius 3 is 2.44 bits per heavy atom. The van der Waals surface area contributed by atoms with Gasteiger partial charge in [0, 0.05) is 11.1 Å². The van der Waals surface area contributed by atoms with E-state index >= 15 is 0 Å². The number of fused-ring (bicyclic) bond motifs is 1. The first kappa shape index (κ1) is 21.6. The summed E-state index contributed by atoms with van der Waals surface area (Å²) in [6, 6.07) is 18.5. The van der Waals surface area contributed by atoms with Crippen LogP contribution in [0.15, 0.2) is 66.7 Å². The molecular weight excluding hydrogens is 433 g/mol. The second kappa shape index (κ2) is 8.85. The summed E-state index contributed by atoms with van der Waals surface area (Å²) in [6.45, 7) is 0. The molecule has 0 spiro atoms. The molecule has 32 heavy (non-hydrogen) atoms. The predicted molar refractivity (Wildman–Crippen MR) is 122 cm³/mol. The fraction of sp³-hybridized carbons (Fsp3) is 0.120. The molecule has 3 aromatic carbocycles. The number of carbonyl (C=O) groups is 2. The third-order valence-electron chi connectivity index (χ3n) is 5.24. The van der Waals surface area contributed by atoms with Crippen LogP contribution in [0.3, 0.4) is 0 Å². The largest absolute Gasteiger partial charge is 0.496 e. The van der Waals surface area contributed by atoms with Gasteiger partial charge < -0.3 is 9.47 Å². The molecule has 3 aromatic rings. The Morgan fingerprint density at radius 2 is 1.78 bits per heavy atom. The number of amides is 2. The van der Waals surface area contributed by atoms with Crippen molar-refractivity contribution in [2.45, 2.75) is 0 Å². The van der Waals surface area contributed by atoms with E-state index < -0.39 is 17.6 Å². The minimum Gasteiger partial charge on any atom is -0.496 e. The molecular formula is C25H19ClFNO4. The van der Waals surface area contributed by atoms with Crippen molar-refractivity contribution in [3.05, 3.63) is 83.7 Å². The standard InChI is InChI=1S/C25H19ClFNO4/c1-31-20-10-6-9-18(27)22(20)16-11-12-19-17(13-16)23(25(30)28(19)21(29)14-26)24(32-2)15-7-4-3-5-8-15/h3-13H,14H2,1-2H3/b24-23+. The van der Waals surface area contributed by atoms with Gasteiger partial charge in [-0.2, -0.15) is 0 Å². The van der Waals surface area contributed by atoms with Gasteiger partial charge in [-0.15, -0.1) is 11.6 Å². The van der Waals surface area contributed by atoms with Gasteiger partial charge in [0.2, 0.25) is 5.91 Å². The molecule has 4 rings (SSSR count). The molecule has 0 aliphatic carbocycles. The van der Waals surface area contributed by atoms with Gasteiger partial charge >= 0.3 is 0 Å². The number of imide groups is 1. The minimum absolute atomic E-state index is 0.198. The van der Waals surface area contributed by atoms with Crippen LogP contribution >= 0.6 is 11.6 Å². The fourth-order valence-electron chi connectivity index (χ4n) is 3.86. The maximum Gasteiger partial charge on any atom is 0.269 e. The molecule has 7 heteroatoms. The highest BCUT2D eigenvalue weighted by Crippen LogP contribution is 2.44. The number of hydrogen-bond donors (Lipinski definition) is 0. The van der Waals surface area contributed by atoms with Gasteiger partial charge in [0.05, 0.1) is 31.0 Å². The number of anilines is 1. The molecule has 2 amide bonds. The summed E-state index contributed by atoms with van der Waals surface area (Å²) in [5, 5.41) is 0. The lowest BCUT2D eigenvalue weighted by atomic mass is 9.96. The highest BCUT2D eigenvalue weighted by molar-refractivity contribution is 6.46. The molecule has 0 unspecified atom stereocenters. The second-order valence-electron chi connectivity index (χ2n) is 6.99. The molecule has 1 aliphatic heterocycles. The van der Waals surface area contributed by atoms with Gasteiger partial charge in [-0.3, -0.25) is 9.59 Å². The molecule has 1 aliphatic rings. The summed E-state index contributed by atoms with van der Waals surface area (Å²) in [7, 11) is 2.91. The number of benzene rings is 3. The Bertz CT molecular complexity index is 1240. The van der Waals surface area contributed by atoms with Crippen LogP contribution < -0.4 is 9.64 Å². The predicted octanol–water partition coefficient (Wildman–Crippen LogP) is 5.13. The van der Waals surface area contributed by atoms with Crippen LogP contribution in [-0.2, 0) is 14.3 Å². The van der Waals surface area contributed by atoms with Gasteiger partial charge in [0.25, 0.3) is 5.91 Å². The van der Waals surface area contributed by atoms with Crippen molar-refractivity contribution in [3.8, 4) is 16.9 Å². The Kier molecular flexibility index (Phi) is 5.97. The molecule has 1 heterocycles. The van der Waals surface area contributed by atoms with Crippen LogP contribution in [0.4, 0.5) is 10.1 Å². The van der Waals surface area contributed by atoms with E-state index in [2.05, 4.69) is 0 Å². The van der Waals surface area contributed by atoms with Gasteiger partial charge in [-0.25, -0.2) is 9.29 Å². The number of ether oxygens (including phenoxy) is 2. The number of hydrogen-bond acceptors (Lipinski definition) is 4. The van der Waals surface area contributed by atoms with Crippen molar-refractivity contribution < 1.29 is 23.5 Å². The smallest absolute Gasteiger partial charge is 0.269 e. The Hall–Kier alpha value is -3.64. The van der Waals surface area contributed by atoms with Crippen LogP contribution in [-0.4, -0.2) is 31.9 Å². The monoisotopic (exact) mass is 451 g/mol. The zero-order valence-corrected chi connectivity index (χ0v) is 18.2. The Morgan fingerprint density at radius 1 is 1.03 bits per heavy atom. The van der Waals surface area contributed by atoms with Crippen LogP contribution in [0.1, 0.15) is 11.1 Å². The molecule has 0 saturated heterocycles. The Balaban J connectivity index is 2.01. The third kappa shape index (κ3) is 3.52. The quantitative estimate of drug-likeness (QED) is 0.306. The molecule has 0 radical (unpaired) electrons. The van der Waals surface area contributed by atoms with Gasteiger partial charge in [-0.05, 0) is 29.8 Å². The van der Waals surface area contributed by atoms with E-state index in [-0.39, 0.29) is 17.0 Å². The summed E-state index contributed by atoms with van der Waals surface area (Å²) in [5.41, 5.74) is 2.41. The zero-order valence-electron chi connectivity index (χ0n) is 17.4. The number of carbonyl (C=O) groups excluding carboxylic acids is 2. The van der Waals surface area contributed by atoms with Crippen LogP contribution in [0.2, 0.25) is 0 Å². The fourth-order valence-corrected chi connectivity index (χ4v) is 3.98. The molecule has 0 N–H and O–H groups in total. The number of halogens is 2. The van der Waals surface area contributed by atoms with E-state index in [0.29, 0.717) is 33.9 Å². The topological polar surface area (TPSA) is 55.8 Å². The molecule has 0 aromatic heterocycles. The highest BCUT2D eigenvalue weighted by Gasteiger charge is 2.39. The van der Waals surface area contributed by atoms with Crippen molar-refractivity contribution in [1.29, 1.82) is 0 Å². The molecule has 162 valence electrons. The van der Waals surface area contributed by atoms with Gasteiger partial charge in [-0.1, -0.05) is 42.5 Å². The van der Waals surface area contributed by atoms with Crippen LogP contribution in [0.5, 0.6) is 5.75 Å². The maximum atomic E-state index is 14.7. The van der Waals surface area contributed by atoms with E-state index in [4.69, 9.17) is 21.1 Å². The molecule has 0 bridgehead atoms. The van der Waals surface area contributed by atoms with E-state index in [1.54, 1.807) is 42.5 Å². The Labute approximate surface area is 189 Å². The number of nitrogens with zero attached hydrogens (tertiary/aromatic N) is 1. The van der Waals surface area contributed by atoms with E-state index in [9.17, 15) is 14.0 Å². The normalized spacial score (nSPS) is 14.2. The van der Waals surface area contributed by atoms with Gasteiger partial charge in [0.1, 0.15) is 23.2 Å². The summed E-state index contributed by atoms with van der Waals surface area (Å²) in [6.07, 6.45) is 0. The average Bonchev–Trinajstić information content (AvgIpc) is 3.10. The van der Waals surface area contributed by atoms with Crippen molar-refractivity contribution >= 4 is 40.4 Å². The number of rotatable bonds is 5. The summed E-state index contributed by atoms with van der Waals surface area (Å²) >= 11 is 5.77. The lowest BCUT2D eigenvalue weighted by molar-refractivity contribution is -0.122. The molecule has 0 fully saturated rings. The van der Waals surface area contributed by atoms with Crippen LogP contribution in [0.25, 0.3) is 22.5 Å². The summed E-state index contributed by atoms with van der Waals surface area (Å²) < 4.78 is 25.7. The highest BCUT2D eigenvalue weighted by atomic mass is 35.5. The van der Waals surface area contributed by atoms with Crippen molar-refractivity contribution in [1.82, 2.24) is 0 Å². The zero-order chi connectivity index (χ0) is 22.8. The molecule has 0 atom stereocenters. The average molecular weight is 452 g/mol. The first-order chi connectivity index (χ1) is 15.5. The van der Waals surface area contributed by atoms with Gasteiger partial charge in [0.15, 0.2) is 0 Å². The van der Waals surface area contributed by atoms with Crippen LogP contribution in [0, 0.1) is 5.82 Å². The molecule has 5 nitrogen and oxygen atoms in total. The van der Waals surface area contributed by atoms with E-state index in [1.807, 2.05) is 18.2 Å². The SMILES string of the molecule is CO/C(=C1/C(=O)N(C(=O)CCl)c2ccc(-c3c(F)cccc3OC)cc21)c1ccccc1. The van der Waals surface area contributed by atoms with Crippen molar-refractivity contribution in [2.75, 3.05) is 25.0 Å². The maximum absolute atomic E-state index is 14.7. The van der Waals surface area contributed by atoms with Crippen molar-refractivity contribution in [2.24, 2.45) is 0 Å². The first-order valence-electron chi connectivity index (χ1n) is 9.76. The molecule has 0 saturated carbocycles. The van der Waals surface area contributed by atoms with E-state index in [1.165, 1.54) is 20.3 Å². The lowest BCUT2D eigenvalue weighted by Crippen LogP contribution is -2.34. The van der Waals surface area contributed by atoms with Crippen molar-refractivity contribution in [3.63, 3.8) is 0 Å². The lowest BCUT2D eigenvalue weighted by Gasteiger charge is -2.14. The second-order valence-corrected chi connectivity index (χ2v) is 7.26. The number of alkyl halides is 1. The minimum atomic E-state index is -0.562.